The van der Waals surface area contributed by atoms with Gasteiger partial charge in [0.25, 0.3) is 0 Å². The van der Waals surface area contributed by atoms with Crippen LogP contribution in [0.25, 0.3) is 11.1 Å². The van der Waals surface area contributed by atoms with Crippen molar-refractivity contribution in [2.45, 2.75) is 6.54 Å². The summed E-state index contributed by atoms with van der Waals surface area (Å²) in [6.07, 6.45) is 3.42. The molecule has 2 aromatic rings. The van der Waals surface area contributed by atoms with Gasteiger partial charge in [-0.15, -0.1) is 0 Å². The third-order valence-corrected chi connectivity index (χ3v) is 3.35. The van der Waals surface area contributed by atoms with Crippen molar-refractivity contribution in [1.29, 1.82) is 0 Å². The van der Waals surface area contributed by atoms with Gasteiger partial charge in [0.15, 0.2) is 5.96 Å². The number of aliphatic hydroxyl groups excluding tert-OH is 1. The van der Waals surface area contributed by atoms with E-state index in [-0.39, 0.29) is 19.1 Å². The van der Waals surface area contributed by atoms with Crippen molar-refractivity contribution in [2.24, 2.45) is 16.5 Å². The summed E-state index contributed by atoms with van der Waals surface area (Å²) in [5.41, 5.74) is 13.0. The molecule has 2 rings (SSSR count). The molecular formula is C17H23N7O3. The molecule has 0 aliphatic heterocycles. The third kappa shape index (κ3) is 7.26. The number of aliphatic imine (C=N–C) groups is 1. The number of ether oxygens (including phenoxy) is 1. The number of benzene rings is 1. The SMILES string of the molecule is NC(N)=NC(=O)NCc1cccc(-c2cnc(NCCOCCO)nc2)c1. The molecule has 7 N–H and O–H groups in total. The minimum Gasteiger partial charge on any atom is -0.394 e. The van der Waals surface area contributed by atoms with Gasteiger partial charge in [0, 0.05) is 31.0 Å². The molecule has 0 fully saturated rings. The third-order valence-electron chi connectivity index (χ3n) is 3.35. The first-order valence-electron chi connectivity index (χ1n) is 8.30. The molecule has 0 bridgehead atoms. The summed E-state index contributed by atoms with van der Waals surface area (Å²) in [5.74, 6) is 0.207. The minimum atomic E-state index is -0.595. The number of carbonyl (C=O) groups excluding carboxylic acids is 1. The molecule has 1 aromatic carbocycles. The highest BCUT2D eigenvalue weighted by molar-refractivity contribution is 5.90. The number of amides is 2. The molecule has 0 aliphatic carbocycles. The molecule has 0 saturated carbocycles. The quantitative estimate of drug-likeness (QED) is 0.234. The van der Waals surface area contributed by atoms with Gasteiger partial charge in [-0.1, -0.05) is 18.2 Å². The van der Waals surface area contributed by atoms with Crippen LogP contribution in [0.5, 0.6) is 0 Å². The highest BCUT2D eigenvalue weighted by atomic mass is 16.5. The average molecular weight is 373 g/mol. The summed E-state index contributed by atoms with van der Waals surface area (Å²) in [4.78, 5) is 23.4. The van der Waals surface area contributed by atoms with Gasteiger partial charge in [-0.3, -0.25) is 0 Å². The van der Waals surface area contributed by atoms with Crippen molar-refractivity contribution in [2.75, 3.05) is 31.7 Å². The molecule has 0 spiro atoms. The van der Waals surface area contributed by atoms with Crippen LogP contribution in [0.1, 0.15) is 5.56 Å². The lowest BCUT2D eigenvalue weighted by molar-refractivity contribution is 0.0991. The van der Waals surface area contributed by atoms with E-state index in [9.17, 15) is 4.79 Å². The van der Waals surface area contributed by atoms with Gasteiger partial charge in [0.2, 0.25) is 5.95 Å². The first-order valence-corrected chi connectivity index (χ1v) is 8.30. The molecule has 10 nitrogen and oxygen atoms in total. The zero-order valence-corrected chi connectivity index (χ0v) is 14.8. The predicted octanol–water partition coefficient (Wildman–Crippen LogP) is 0.0474. The van der Waals surface area contributed by atoms with Gasteiger partial charge in [0.1, 0.15) is 0 Å². The second-order valence-electron chi connectivity index (χ2n) is 5.45. The van der Waals surface area contributed by atoms with Crippen LogP contribution in [-0.2, 0) is 11.3 Å². The van der Waals surface area contributed by atoms with Crippen molar-refractivity contribution >= 4 is 17.9 Å². The van der Waals surface area contributed by atoms with Gasteiger partial charge in [-0.25, -0.2) is 14.8 Å². The van der Waals surface area contributed by atoms with E-state index in [1.165, 1.54) is 0 Å². The molecule has 0 aliphatic rings. The predicted molar refractivity (Wildman–Crippen MR) is 102 cm³/mol. The zero-order chi connectivity index (χ0) is 19.5. The van der Waals surface area contributed by atoms with Gasteiger partial charge in [0.05, 0.1) is 19.8 Å². The van der Waals surface area contributed by atoms with Crippen LogP contribution < -0.4 is 22.1 Å². The molecule has 2 amide bonds. The summed E-state index contributed by atoms with van der Waals surface area (Å²) in [5, 5.41) is 14.3. The molecule has 1 heterocycles. The number of nitrogens with zero attached hydrogens (tertiary/aromatic N) is 3. The van der Waals surface area contributed by atoms with Crippen molar-refractivity contribution < 1.29 is 14.6 Å². The Bertz CT molecular complexity index is 761. The number of anilines is 1. The fourth-order valence-electron chi connectivity index (χ4n) is 2.17. The largest absolute Gasteiger partial charge is 0.394 e. The van der Waals surface area contributed by atoms with Gasteiger partial charge in [-0.05, 0) is 17.2 Å². The molecular weight excluding hydrogens is 350 g/mol. The maximum absolute atomic E-state index is 11.5. The Morgan fingerprint density at radius 2 is 1.96 bits per heavy atom. The Morgan fingerprint density at radius 3 is 2.67 bits per heavy atom. The van der Waals surface area contributed by atoms with Crippen molar-refractivity contribution in [1.82, 2.24) is 15.3 Å². The molecule has 144 valence electrons. The van der Waals surface area contributed by atoms with Crippen molar-refractivity contribution in [3.63, 3.8) is 0 Å². The smallest absolute Gasteiger partial charge is 0.344 e. The van der Waals surface area contributed by atoms with Crippen LogP contribution in [-0.4, -0.2) is 53.4 Å². The Balaban J connectivity index is 1.92. The van der Waals surface area contributed by atoms with E-state index in [1.807, 2.05) is 24.3 Å². The summed E-state index contributed by atoms with van der Waals surface area (Å²) in [6.45, 7) is 1.61. The number of hydrogen-bond donors (Lipinski definition) is 5. The van der Waals surface area contributed by atoms with E-state index in [0.717, 1.165) is 16.7 Å². The molecule has 27 heavy (non-hydrogen) atoms. The Kier molecular flexibility index (Phi) is 7.94. The fourth-order valence-corrected chi connectivity index (χ4v) is 2.17. The van der Waals surface area contributed by atoms with Crippen LogP contribution in [0.3, 0.4) is 0 Å². The van der Waals surface area contributed by atoms with Crippen LogP contribution in [0.2, 0.25) is 0 Å². The van der Waals surface area contributed by atoms with Crippen LogP contribution in [0, 0.1) is 0 Å². The summed E-state index contributed by atoms with van der Waals surface area (Å²) < 4.78 is 5.15. The Hall–Kier alpha value is -3.24. The normalized spacial score (nSPS) is 10.3. The highest BCUT2D eigenvalue weighted by Crippen LogP contribution is 2.19. The van der Waals surface area contributed by atoms with E-state index in [2.05, 4.69) is 25.6 Å². The standard InChI is InChI=1S/C17H23N7O3/c18-15(19)24-17(26)23-9-12-2-1-3-13(8-12)14-10-21-16(22-11-14)20-4-6-27-7-5-25/h1-3,8,10-11,25H,4-7,9H2,(H,20,21,22)(H5,18,19,23,24,26). The number of nitrogens with one attached hydrogen (secondary N) is 2. The Labute approximate surface area is 156 Å². The summed E-state index contributed by atoms with van der Waals surface area (Å²) >= 11 is 0. The second kappa shape index (κ2) is 10.7. The number of carbonyl (C=O) groups is 1. The molecule has 1 aromatic heterocycles. The van der Waals surface area contributed by atoms with Crippen LogP contribution in [0.15, 0.2) is 41.7 Å². The number of guanidine groups is 1. The number of urea groups is 1. The zero-order valence-electron chi connectivity index (χ0n) is 14.8. The van der Waals surface area contributed by atoms with E-state index in [1.54, 1.807) is 12.4 Å². The number of rotatable bonds is 9. The highest BCUT2D eigenvalue weighted by Gasteiger charge is 2.04. The molecule has 0 radical (unpaired) electrons. The minimum absolute atomic E-state index is 0.00221. The fraction of sp³-hybridized carbons (Fsp3) is 0.294. The van der Waals surface area contributed by atoms with E-state index >= 15 is 0 Å². The Morgan fingerprint density at radius 1 is 1.19 bits per heavy atom. The van der Waals surface area contributed by atoms with E-state index in [4.69, 9.17) is 21.3 Å². The summed E-state index contributed by atoms with van der Waals surface area (Å²) in [6, 6.07) is 7.01. The lowest BCUT2D eigenvalue weighted by Crippen LogP contribution is -2.28. The molecule has 0 saturated heterocycles. The van der Waals surface area contributed by atoms with E-state index < -0.39 is 6.03 Å². The van der Waals surface area contributed by atoms with Gasteiger partial charge >= 0.3 is 6.03 Å². The number of nitrogens with two attached hydrogens (primary N) is 2. The maximum Gasteiger partial charge on any atom is 0.344 e. The first-order chi connectivity index (χ1) is 13.1. The maximum atomic E-state index is 11.5. The van der Waals surface area contributed by atoms with Crippen LogP contribution in [0.4, 0.5) is 10.7 Å². The van der Waals surface area contributed by atoms with Crippen molar-refractivity contribution in [3.05, 3.63) is 42.2 Å². The topological polar surface area (TPSA) is 161 Å². The monoisotopic (exact) mass is 373 g/mol. The van der Waals surface area contributed by atoms with E-state index in [0.29, 0.717) is 25.7 Å². The molecule has 0 atom stereocenters. The molecule has 10 heteroatoms. The average Bonchev–Trinajstić information content (AvgIpc) is 2.66. The van der Waals surface area contributed by atoms with Gasteiger partial charge < -0.3 is 31.9 Å². The number of aliphatic hydroxyl groups is 1. The first kappa shape index (κ1) is 20.1. The second-order valence-corrected chi connectivity index (χ2v) is 5.45. The van der Waals surface area contributed by atoms with Gasteiger partial charge in [-0.2, -0.15) is 4.99 Å². The summed E-state index contributed by atoms with van der Waals surface area (Å²) in [7, 11) is 0. The van der Waals surface area contributed by atoms with Crippen molar-refractivity contribution in [3.8, 4) is 11.1 Å². The lowest BCUT2D eigenvalue weighted by Gasteiger charge is -2.08. The van der Waals surface area contributed by atoms with Crippen LogP contribution >= 0.6 is 0 Å². The number of aromatic nitrogens is 2. The lowest BCUT2D eigenvalue weighted by atomic mass is 10.1. The number of hydrogen-bond acceptors (Lipinski definition) is 6. The molecule has 0 unspecified atom stereocenters.